The van der Waals surface area contributed by atoms with E-state index in [9.17, 15) is 4.79 Å². The summed E-state index contributed by atoms with van der Waals surface area (Å²) in [6.45, 7) is 2.36. The number of carbonyl (C=O) groups excluding carboxylic acids is 1. The second kappa shape index (κ2) is 5.70. The highest BCUT2D eigenvalue weighted by Gasteiger charge is 2.46. The maximum Gasteiger partial charge on any atom is 0.251 e. The largest absolute Gasteiger partial charge is 0.355 e. The number of nitrogens with zero attached hydrogens (tertiary/aromatic N) is 1. The SMILES string of the molecule is CNC(=O)C1=CC2(CCN(C3CC4CCC3C4)CC2)c2ccccc21. The number of carbonyl (C=O) groups is 1. The molecular weight excluding hydrogens is 308 g/mol. The minimum atomic E-state index is 0.0554. The first-order chi connectivity index (χ1) is 12.2. The fourth-order valence-electron chi connectivity index (χ4n) is 6.23. The molecule has 1 aromatic rings. The molecule has 0 radical (unpaired) electrons. The molecule has 2 saturated carbocycles. The minimum absolute atomic E-state index is 0.0554. The molecule has 3 heteroatoms. The summed E-state index contributed by atoms with van der Waals surface area (Å²) in [6.07, 6.45) is 10.4. The Balaban J connectivity index is 1.40. The smallest absolute Gasteiger partial charge is 0.251 e. The Bertz CT molecular complexity index is 729. The Kier molecular flexibility index (Phi) is 3.56. The summed E-state index contributed by atoms with van der Waals surface area (Å²) in [4.78, 5) is 15.2. The fourth-order valence-corrected chi connectivity index (χ4v) is 6.23. The maximum absolute atomic E-state index is 12.4. The van der Waals surface area contributed by atoms with Crippen LogP contribution in [0.15, 0.2) is 30.3 Å². The van der Waals surface area contributed by atoms with Crippen LogP contribution in [0, 0.1) is 11.8 Å². The number of benzene rings is 1. The molecule has 1 aromatic carbocycles. The van der Waals surface area contributed by atoms with Gasteiger partial charge < -0.3 is 10.2 Å². The van der Waals surface area contributed by atoms with Gasteiger partial charge in [-0.05, 0) is 68.2 Å². The van der Waals surface area contributed by atoms with Crippen LogP contribution in [0.25, 0.3) is 5.57 Å². The summed E-state index contributed by atoms with van der Waals surface area (Å²) in [5.41, 5.74) is 3.48. The van der Waals surface area contributed by atoms with E-state index in [-0.39, 0.29) is 11.3 Å². The number of piperidine rings is 1. The number of nitrogens with one attached hydrogen (secondary N) is 1. The average Bonchev–Trinajstić information content (AvgIpc) is 3.36. The molecule has 2 bridgehead atoms. The van der Waals surface area contributed by atoms with Crippen molar-refractivity contribution in [2.24, 2.45) is 11.8 Å². The summed E-state index contributed by atoms with van der Waals surface area (Å²) in [6, 6.07) is 9.39. The zero-order valence-corrected chi connectivity index (χ0v) is 15.1. The molecule has 3 unspecified atom stereocenters. The number of fused-ring (bicyclic) bond motifs is 4. The lowest BCUT2D eigenvalue weighted by molar-refractivity contribution is -0.115. The van der Waals surface area contributed by atoms with Crippen LogP contribution in [0.3, 0.4) is 0 Å². The van der Waals surface area contributed by atoms with Crippen LogP contribution in [0.4, 0.5) is 0 Å². The van der Waals surface area contributed by atoms with Gasteiger partial charge in [0, 0.05) is 24.1 Å². The van der Waals surface area contributed by atoms with Crippen LogP contribution in [-0.2, 0) is 10.2 Å². The second-order valence-electron chi connectivity index (χ2n) is 8.62. The number of amides is 1. The number of hydrogen-bond acceptors (Lipinski definition) is 2. The molecule has 0 aromatic heterocycles. The van der Waals surface area contributed by atoms with Crippen LogP contribution < -0.4 is 5.32 Å². The Labute approximate surface area is 150 Å². The molecule has 3 atom stereocenters. The topological polar surface area (TPSA) is 32.3 Å². The molecule has 1 heterocycles. The van der Waals surface area contributed by atoms with Crippen molar-refractivity contribution in [2.75, 3.05) is 20.1 Å². The summed E-state index contributed by atoms with van der Waals surface area (Å²) in [5, 5.41) is 2.82. The number of likely N-dealkylation sites (tertiary alicyclic amines) is 1. The molecule has 1 amide bonds. The van der Waals surface area contributed by atoms with Gasteiger partial charge in [0.1, 0.15) is 0 Å². The van der Waals surface area contributed by atoms with E-state index in [2.05, 4.69) is 40.6 Å². The van der Waals surface area contributed by atoms with E-state index in [1.807, 2.05) is 0 Å². The van der Waals surface area contributed by atoms with Gasteiger partial charge >= 0.3 is 0 Å². The van der Waals surface area contributed by atoms with Crippen LogP contribution >= 0.6 is 0 Å². The quantitative estimate of drug-likeness (QED) is 0.898. The monoisotopic (exact) mass is 336 g/mol. The van der Waals surface area contributed by atoms with Crippen molar-refractivity contribution in [1.29, 1.82) is 0 Å². The third-order valence-corrected chi connectivity index (χ3v) is 7.51. The van der Waals surface area contributed by atoms with E-state index < -0.39 is 0 Å². The number of hydrogen-bond donors (Lipinski definition) is 1. The molecule has 3 aliphatic carbocycles. The number of likely N-dealkylation sites (N-methyl/N-ethyl adjacent to an activating group) is 1. The van der Waals surface area contributed by atoms with Crippen molar-refractivity contribution in [1.82, 2.24) is 10.2 Å². The lowest BCUT2D eigenvalue weighted by Gasteiger charge is -2.44. The second-order valence-corrected chi connectivity index (χ2v) is 8.62. The van der Waals surface area contributed by atoms with E-state index >= 15 is 0 Å². The molecule has 5 rings (SSSR count). The molecule has 3 fully saturated rings. The zero-order chi connectivity index (χ0) is 17.0. The lowest BCUT2D eigenvalue weighted by atomic mass is 9.74. The van der Waals surface area contributed by atoms with Crippen molar-refractivity contribution in [3.63, 3.8) is 0 Å². The van der Waals surface area contributed by atoms with E-state index in [4.69, 9.17) is 0 Å². The van der Waals surface area contributed by atoms with Gasteiger partial charge in [0.2, 0.25) is 0 Å². The van der Waals surface area contributed by atoms with Gasteiger partial charge in [0.25, 0.3) is 5.91 Å². The molecule has 1 aliphatic heterocycles. The Morgan fingerprint density at radius 3 is 2.64 bits per heavy atom. The summed E-state index contributed by atoms with van der Waals surface area (Å²) in [7, 11) is 1.73. The number of rotatable bonds is 2. The van der Waals surface area contributed by atoms with E-state index in [1.165, 1.54) is 44.3 Å². The molecular formula is C22H28N2O. The molecule has 3 nitrogen and oxygen atoms in total. The van der Waals surface area contributed by atoms with Gasteiger partial charge in [-0.1, -0.05) is 36.8 Å². The standard InChI is InChI=1S/C22H28N2O/c1-23-21(25)18-14-22(19-5-3-2-4-17(18)19)8-10-24(11-9-22)20-13-15-6-7-16(20)12-15/h2-5,14-16,20H,6-13H2,1H3,(H,23,25). The van der Waals surface area contributed by atoms with Crippen molar-refractivity contribution in [3.05, 3.63) is 41.5 Å². The normalized spacial score (nSPS) is 32.7. The average molecular weight is 336 g/mol. The summed E-state index contributed by atoms with van der Waals surface area (Å²) < 4.78 is 0. The lowest BCUT2D eigenvalue weighted by Crippen LogP contribution is -2.47. The predicted molar refractivity (Wildman–Crippen MR) is 100 cm³/mol. The minimum Gasteiger partial charge on any atom is -0.355 e. The first kappa shape index (κ1) is 15.6. The highest BCUT2D eigenvalue weighted by Crippen LogP contribution is 2.50. The molecule has 1 spiro atoms. The fraction of sp³-hybridized carbons (Fsp3) is 0.591. The zero-order valence-electron chi connectivity index (χ0n) is 15.1. The Morgan fingerprint density at radius 2 is 1.96 bits per heavy atom. The highest BCUT2D eigenvalue weighted by atomic mass is 16.1. The van der Waals surface area contributed by atoms with Gasteiger partial charge in [0.15, 0.2) is 0 Å². The van der Waals surface area contributed by atoms with Crippen molar-refractivity contribution in [2.45, 2.75) is 50.0 Å². The van der Waals surface area contributed by atoms with Gasteiger partial charge in [0.05, 0.1) is 0 Å². The Hall–Kier alpha value is -1.61. The molecule has 132 valence electrons. The highest BCUT2D eigenvalue weighted by molar-refractivity contribution is 6.21. The van der Waals surface area contributed by atoms with E-state index in [1.54, 1.807) is 7.05 Å². The molecule has 1 saturated heterocycles. The van der Waals surface area contributed by atoms with Gasteiger partial charge in [-0.15, -0.1) is 0 Å². The van der Waals surface area contributed by atoms with E-state index in [0.717, 1.165) is 41.9 Å². The first-order valence-corrected chi connectivity index (χ1v) is 9.99. The van der Waals surface area contributed by atoms with Crippen molar-refractivity contribution in [3.8, 4) is 0 Å². The third kappa shape index (κ3) is 2.32. The van der Waals surface area contributed by atoms with Crippen molar-refractivity contribution < 1.29 is 4.79 Å². The van der Waals surface area contributed by atoms with Crippen LogP contribution in [0.5, 0.6) is 0 Å². The Morgan fingerprint density at radius 1 is 1.16 bits per heavy atom. The summed E-state index contributed by atoms with van der Waals surface area (Å²) in [5.74, 6) is 2.03. The van der Waals surface area contributed by atoms with Crippen LogP contribution in [0.2, 0.25) is 0 Å². The maximum atomic E-state index is 12.4. The molecule has 4 aliphatic rings. The van der Waals surface area contributed by atoms with E-state index in [0.29, 0.717) is 0 Å². The van der Waals surface area contributed by atoms with Crippen LogP contribution in [0.1, 0.15) is 49.7 Å². The third-order valence-electron chi connectivity index (χ3n) is 7.51. The van der Waals surface area contributed by atoms with Gasteiger partial charge in [-0.3, -0.25) is 4.79 Å². The van der Waals surface area contributed by atoms with Gasteiger partial charge in [-0.2, -0.15) is 0 Å². The first-order valence-electron chi connectivity index (χ1n) is 9.99. The number of allylic oxidation sites excluding steroid dienone is 1. The predicted octanol–water partition coefficient (Wildman–Crippen LogP) is 3.35. The van der Waals surface area contributed by atoms with Crippen LogP contribution in [-0.4, -0.2) is 37.0 Å². The van der Waals surface area contributed by atoms with Gasteiger partial charge in [-0.25, -0.2) is 0 Å². The van der Waals surface area contributed by atoms with Crippen molar-refractivity contribution >= 4 is 11.5 Å². The molecule has 25 heavy (non-hydrogen) atoms. The summed E-state index contributed by atoms with van der Waals surface area (Å²) >= 11 is 0. The molecule has 1 N–H and O–H groups in total.